The molecule has 0 saturated carbocycles. The van der Waals surface area contributed by atoms with Crippen molar-refractivity contribution in [2.24, 2.45) is 5.92 Å². The topological polar surface area (TPSA) is 114 Å². The largest absolute Gasteiger partial charge is 0.394 e. The minimum atomic E-state index is -0.857. The van der Waals surface area contributed by atoms with E-state index in [2.05, 4.69) is 17.2 Å². The fourth-order valence-corrected chi connectivity index (χ4v) is 2.95. The van der Waals surface area contributed by atoms with Crippen LogP contribution in [-0.2, 0) is 9.53 Å². The molecule has 1 amide bonds. The van der Waals surface area contributed by atoms with E-state index >= 15 is 0 Å². The number of carbonyl (C=O) groups excluding carboxylic acids is 1. The SMILES string of the molecule is CCCCCCC(=O)Nc1ccn([C@@H]2O[C@H](CO)[C@@H](O)[C@@H]2C)c(=O)n1. The average Bonchev–Trinajstić information content (AvgIpc) is 2.87. The van der Waals surface area contributed by atoms with Gasteiger partial charge in [-0.15, -0.1) is 0 Å². The third kappa shape index (κ3) is 4.87. The fraction of sp³-hybridized carbons (Fsp3) is 0.706. The molecule has 8 heteroatoms. The van der Waals surface area contributed by atoms with Crippen LogP contribution < -0.4 is 11.0 Å². The summed E-state index contributed by atoms with van der Waals surface area (Å²) in [5, 5.41) is 21.8. The molecule has 1 fully saturated rings. The maximum absolute atomic E-state index is 12.2. The van der Waals surface area contributed by atoms with Crippen LogP contribution in [0.25, 0.3) is 0 Å². The van der Waals surface area contributed by atoms with Gasteiger partial charge in [-0.25, -0.2) is 4.79 Å². The van der Waals surface area contributed by atoms with Crippen LogP contribution in [0, 0.1) is 5.92 Å². The number of anilines is 1. The molecule has 1 aliphatic rings. The van der Waals surface area contributed by atoms with Crippen LogP contribution in [0.4, 0.5) is 5.82 Å². The van der Waals surface area contributed by atoms with E-state index in [1.165, 1.54) is 16.8 Å². The summed E-state index contributed by atoms with van der Waals surface area (Å²) >= 11 is 0. The third-order valence-electron chi connectivity index (χ3n) is 4.49. The molecule has 3 N–H and O–H groups in total. The highest BCUT2D eigenvalue weighted by Crippen LogP contribution is 2.33. The quantitative estimate of drug-likeness (QED) is 0.602. The molecule has 2 rings (SSSR count). The molecular weight excluding hydrogens is 326 g/mol. The van der Waals surface area contributed by atoms with Gasteiger partial charge in [0.15, 0.2) is 0 Å². The van der Waals surface area contributed by atoms with Crippen molar-refractivity contribution in [3.05, 3.63) is 22.7 Å². The van der Waals surface area contributed by atoms with Crippen molar-refractivity contribution >= 4 is 11.7 Å². The van der Waals surface area contributed by atoms with E-state index in [1.54, 1.807) is 6.92 Å². The lowest BCUT2D eigenvalue weighted by molar-refractivity contribution is -0.116. The number of nitrogens with one attached hydrogen (secondary N) is 1. The number of hydrogen-bond acceptors (Lipinski definition) is 6. The molecular formula is C17H27N3O5. The Labute approximate surface area is 146 Å². The van der Waals surface area contributed by atoms with Crippen LogP contribution >= 0.6 is 0 Å². The highest BCUT2D eigenvalue weighted by molar-refractivity contribution is 5.89. The van der Waals surface area contributed by atoms with Crippen molar-refractivity contribution in [3.63, 3.8) is 0 Å². The summed E-state index contributed by atoms with van der Waals surface area (Å²) in [7, 11) is 0. The van der Waals surface area contributed by atoms with Gasteiger partial charge >= 0.3 is 5.69 Å². The van der Waals surface area contributed by atoms with Crippen LogP contribution in [0.1, 0.15) is 52.2 Å². The summed E-state index contributed by atoms with van der Waals surface area (Å²) in [5.74, 6) is -0.329. The molecule has 0 spiro atoms. The van der Waals surface area contributed by atoms with Crippen molar-refractivity contribution in [2.75, 3.05) is 11.9 Å². The second-order valence-electron chi connectivity index (χ2n) is 6.46. The molecule has 0 aromatic carbocycles. The highest BCUT2D eigenvalue weighted by atomic mass is 16.5. The molecule has 1 aromatic rings. The van der Waals surface area contributed by atoms with Crippen LogP contribution in [0.15, 0.2) is 17.1 Å². The molecule has 1 aliphatic heterocycles. The average molecular weight is 353 g/mol. The number of amides is 1. The Morgan fingerprint density at radius 1 is 1.40 bits per heavy atom. The Bertz CT molecular complexity index is 633. The highest BCUT2D eigenvalue weighted by Gasteiger charge is 2.41. The van der Waals surface area contributed by atoms with Gasteiger partial charge in [0.2, 0.25) is 5.91 Å². The minimum Gasteiger partial charge on any atom is -0.394 e. The zero-order valence-corrected chi connectivity index (χ0v) is 14.7. The summed E-state index contributed by atoms with van der Waals surface area (Å²) in [6.07, 6.45) is 3.61. The Morgan fingerprint density at radius 3 is 2.76 bits per heavy atom. The minimum absolute atomic E-state index is 0.165. The fourth-order valence-electron chi connectivity index (χ4n) is 2.95. The second kappa shape index (κ2) is 9.07. The first-order chi connectivity index (χ1) is 12.0. The normalized spacial score (nSPS) is 25.9. The maximum atomic E-state index is 12.2. The predicted molar refractivity (Wildman–Crippen MR) is 92.1 cm³/mol. The van der Waals surface area contributed by atoms with Crippen LogP contribution in [0.3, 0.4) is 0 Å². The van der Waals surface area contributed by atoms with Crippen molar-refractivity contribution < 1.29 is 19.7 Å². The zero-order chi connectivity index (χ0) is 18.4. The number of aliphatic hydroxyl groups excluding tert-OH is 2. The standard InChI is InChI=1S/C17H27N3O5/c1-3-4-5-6-7-14(22)18-13-8-9-20(17(24)19-13)16-11(2)15(23)12(10-21)25-16/h8-9,11-12,15-16,21,23H,3-7,10H2,1-2H3,(H,18,19,22,24)/t11-,12+,15-,16+/m0/s1. The van der Waals surface area contributed by atoms with E-state index < -0.39 is 24.1 Å². The molecule has 4 atom stereocenters. The summed E-state index contributed by atoms with van der Waals surface area (Å²) in [6.45, 7) is 3.52. The van der Waals surface area contributed by atoms with Gasteiger partial charge in [-0.3, -0.25) is 9.36 Å². The smallest absolute Gasteiger partial charge is 0.351 e. The van der Waals surface area contributed by atoms with E-state index in [-0.39, 0.29) is 24.2 Å². The van der Waals surface area contributed by atoms with Crippen molar-refractivity contribution in [3.8, 4) is 0 Å². The lowest BCUT2D eigenvalue weighted by Crippen LogP contribution is -2.31. The Kier molecular flexibility index (Phi) is 7.10. The zero-order valence-electron chi connectivity index (χ0n) is 14.7. The molecule has 25 heavy (non-hydrogen) atoms. The number of hydrogen-bond donors (Lipinski definition) is 3. The molecule has 1 aromatic heterocycles. The molecule has 8 nitrogen and oxygen atoms in total. The first-order valence-electron chi connectivity index (χ1n) is 8.81. The summed E-state index contributed by atoms with van der Waals surface area (Å²) < 4.78 is 6.80. The van der Waals surface area contributed by atoms with E-state index in [1.807, 2.05) is 0 Å². The van der Waals surface area contributed by atoms with Gasteiger partial charge in [0.05, 0.1) is 12.7 Å². The van der Waals surface area contributed by atoms with Gasteiger partial charge in [0.1, 0.15) is 18.1 Å². The van der Waals surface area contributed by atoms with Crippen LogP contribution in [-0.4, -0.2) is 44.5 Å². The van der Waals surface area contributed by atoms with Gasteiger partial charge < -0.3 is 20.3 Å². The van der Waals surface area contributed by atoms with Crippen molar-refractivity contribution in [1.82, 2.24) is 9.55 Å². The number of rotatable bonds is 8. The molecule has 0 radical (unpaired) electrons. The number of nitrogens with zero attached hydrogens (tertiary/aromatic N) is 2. The number of ether oxygens (including phenoxy) is 1. The summed E-state index contributed by atoms with van der Waals surface area (Å²) in [4.78, 5) is 28.0. The first-order valence-corrected chi connectivity index (χ1v) is 8.81. The maximum Gasteiger partial charge on any atom is 0.351 e. The van der Waals surface area contributed by atoms with Crippen LogP contribution in [0.5, 0.6) is 0 Å². The Morgan fingerprint density at radius 2 is 2.16 bits per heavy atom. The predicted octanol–water partition coefficient (Wildman–Crippen LogP) is 1.04. The van der Waals surface area contributed by atoms with Crippen molar-refractivity contribution in [1.29, 1.82) is 0 Å². The monoisotopic (exact) mass is 353 g/mol. The molecule has 140 valence electrons. The molecule has 0 bridgehead atoms. The molecule has 1 saturated heterocycles. The van der Waals surface area contributed by atoms with E-state index in [9.17, 15) is 19.8 Å². The number of aromatic nitrogens is 2. The summed E-state index contributed by atoms with van der Waals surface area (Å²) in [6, 6.07) is 1.53. The van der Waals surface area contributed by atoms with Crippen LogP contribution in [0.2, 0.25) is 0 Å². The van der Waals surface area contributed by atoms with E-state index in [4.69, 9.17) is 4.74 Å². The molecule has 0 unspecified atom stereocenters. The lowest BCUT2D eigenvalue weighted by Gasteiger charge is -2.18. The van der Waals surface area contributed by atoms with Gasteiger partial charge in [-0.05, 0) is 12.5 Å². The number of unbranched alkanes of at least 4 members (excludes halogenated alkanes) is 3. The number of carbonyl (C=O) groups is 1. The van der Waals surface area contributed by atoms with E-state index in [0.717, 1.165) is 25.7 Å². The Hall–Kier alpha value is -1.77. The first kappa shape index (κ1) is 19.6. The second-order valence-corrected chi connectivity index (χ2v) is 6.46. The number of aliphatic hydroxyl groups is 2. The van der Waals surface area contributed by atoms with Gasteiger partial charge in [-0.2, -0.15) is 4.98 Å². The third-order valence-corrected chi connectivity index (χ3v) is 4.49. The van der Waals surface area contributed by atoms with Gasteiger partial charge in [0.25, 0.3) is 0 Å². The van der Waals surface area contributed by atoms with Crippen molar-refractivity contribution in [2.45, 2.75) is 64.4 Å². The molecule has 0 aliphatic carbocycles. The van der Waals surface area contributed by atoms with Gasteiger partial charge in [0, 0.05) is 18.5 Å². The molecule has 2 heterocycles. The van der Waals surface area contributed by atoms with E-state index in [0.29, 0.717) is 6.42 Å². The lowest BCUT2D eigenvalue weighted by atomic mass is 10.0. The Balaban J connectivity index is 1.99. The summed E-state index contributed by atoms with van der Waals surface area (Å²) in [5.41, 5.74) is -0.577. The van der Waals surface area contributed by atoms with Gasteiger partial charge in [-0.1, -0.05) is 33.1 Å².